The molecule has 0 bridgehead atoms. The summed E-state index contributed by atoms with van der Waals surface area (Å²) in [6.45, 7) is 5.69. The molecule has 0 aromatic heterocycles. The van der Waals surface area contributed by atoms with Crippen molar-refractivity contribution in [1.82, 2.24) is 5.32 Å². The predicted octanol–water partition coefficient (Wildman–Crippen LogP) is 0.768. The van der Waals surface area contributed by atoms with E-state index in [1.807, 2.05) is 26.0 Å². The number of aliphatic hydroxyl groups is 2. The van der Waals surface area contributed by atoms with Crippen LogP contribution in [0.3, 0.4) is 0 Å². The normalized spacial score (nSPS) is 31.0. The van der Waals surface area contributed by atoms with Crippen LogP contribution in [0.15, 0.2) is 12.2 Å². The molecule has 1 heterocycles. The van der Waals surface area contributed by atoms with Gasteiger partial charge in [0.15, 0.2) is 0 Å². The fourth-order valence-electron chi connectivity index (χ4n) is 3.15. The van der Waals surface area contributed by atoms with Gasteiger partial charge >= 0.3 is 0 Å². The highest BCUT2D eigenvalue weighted by Gasteiger charge is 2.56. The molecule has 1 rings (SSSR count). The van der Waals surface area contributed by atoms with Gasteiger partial charge in [0, 0.05) is 12.5 Å². The average molecular weight is 313 g/mol. The van der Waals surface area contributed by atoms with E-state index in [1.54, 1.807) is 6.92 Å². The number of allylic oxidation sites excluding steroid dienone is 1. The molecule has 3 N–H and O–H groups in total. The molecule has 22 heavy (non-hydrogen) atoms. The van der Waals surface area contributed by atoms with Crippen LogP contribution in [0.4, 0.5) is 0 Å². The molecule has 0 unspecified atom stereocenters. The third-order valence-electron chi connectivity index (χ3n) is 4.51. The van der Waals surface area contributed by atoms with E-state index in [-0.39, 0.29) is 24.9 Å². The molecule has 0 saturated carbocycles. The lowest BCUT2D eigenvalue weighted by Gasteiger charge is -2.37. The number of rotatable bonds is 9. The number of hydrogen-bond acceptors (Lipinski definition) is 5. The Bertz CT molecular complexity index is 411. The van der Waals surface area contributed by atoms with Gasteiger partial charge in [0.25, 0.3) is 6.47 Å². The molecule has 6 nitrogen and oxygen atoms in total. The van der Waals surface area contributed by atoms with E-state index in [4.69, 9.17) is 9.84 Å². The van der Waals surface area contributed by atoms with E-state index >= 15 is 0 Å². The molecule has 6 heteroatoms. The summed E-state index contributed by atoms with van der Waals surface area (Å²) in [6, 6.07) is -0.701. The number of ether oxygens (including phenoxy) is 1. The van der Waals surface area contributed by atoms with Gasteiger partial charge < -0.3 is 20.3 Å². The van der Waals surface area contributed by atoms with Gasteiger partial charge in [-0.3, -0.25) is 9.59 Å². The van der Waals surface area contributed by atoms with Crippen molar-refractivity contribution in [2.24, 2.45) is 11.8 Å². The summed E-state index contributed by atoms with van der Waals surface area (Å²) in [5, 5.41) is 22.6. The van der Waals surface area contributed by atoms with E-state index in [0.29, 0.717) is 12.9 Å². The summed E-state index contributed by atoms with van der Waals surface area (Å²) in [6.07, 6.45) is 4.77. The summed E-state index contributed by atoms with van der Waals surface area (Å²) in [5.41, 5.74) is -1.17. The minimum Gasteiger partial charge on any atom is -0.458 e. The molecule has 126 valence electrons. The molecule has 0 aromatic carbocycles. The molecule has 0 aliphatic carbocycles. The molecular formula is C16H27NO5. The molecule has 0 radical (unpaired) electrons. The third kappa shape index (κ3) is 3.67. The summed E-state index contributed by atoms with van der Waals surface area (Å²) >= 11 is 0. The number of carbonyl (C=O) groups is 2. The largest absolute Gasteiger partial charge is 0.458 e. The van der Waals surface area contributed by atoms with E-state index in [0.717, 1.165) is 6.42 Å². The maximum atomic E-state index is 12.1. The Labute approximate surface area is 131 Å². The van der Waals surface area contributed by atoms with Gasteiger partial charge in [-0.15, -0.1) is 0 Å². The fraction of sp³-hybridized carbons (Fsp3) is 0.750. The van der Waals surface area contributed by atoms with Crippen LogP contribution in [0.1, 0.15) is 40.0 Å². The first-order chi connectivity index (χ1) is 10.5. The number of amides is 1. The van der Waals surface area contributed by atoms with Gasteiger partial charge in [-0.05, 0) is 26.2 Å². The summed E-state index contributed by atoms with van der Waals surface area (Å²) in [4.78, 5) is 23.0. The van der Waals surface area contributed by atoms with Gasteiger partial charge in [0.2, 0.25) is 5.91 Å². The zero-order valence-corrected chi connectivity index (χ0v) is 13.5. The Morgan fingerprint density at radius 2 is 2.14 bits per heavy atom. The second-order valence-electron chi connectivity index (χ2n) is 5.85. The van der Waals surface area contributed by atoms with E-state index in [2.05, 4.69) is 5.32 Å². The van der Waals surface area contributed by atoms with Crippen LogP contribution < -0.4 is 5.32 Å². The Balaban J connectivity index is 3.06. The highest BCUT2D eigenvalue weighted by atomic mass is 16.5. The summed E-state index contributed by atoms with van der Waals surface area (Å²) in [7, 11) is 0. The number of aliphatic hydroxyl groups excluding tert-OH is 2. The monoisotopic (exact) mass is 313 g/mol. The second kappa shape index (κ2) is 8.29. The van der Waals surface area contributed by atoms with Gasteiger partial charge in [-0.1, -0.05) is 26.0 Å². The van der Waals surface area contributed by atoms with Crippen molar-refractivity contribution in [1.29, 1.82) is 0 Å². The molecule has 1 amide bonds. The molecule has 1 fully saturated rings. The van der Waals surface area contributed by atoms with E-state index in [9.17, 15) is 14.7 Å². The minimum atomic E-state index is -1.17. The molecule has 1 aliphatic rings. The Hall–Kier alpha value is -1.40. The van der Waals surface area contributed by atoms with E-state index < -0.39 is 23.7 Å². The van der Waals surface area contributed by atoms with Crippen LogP contribution in [0.25, 0.3) is 0 Å². The third-order valence-corrected chi connectivity index (χ3v) is 4.51. The lowest BCUT2D eigenvalue weighted by atomic mass is 9.79. The van der Waals surface area contributed by atoms with Crippen LogP contribution >= 0.6 is 0 Å². The quantitative estimate of drug-likeness (QED) is 0.431. The Morgan fingerprint density at radius 3 is 2.64 bits per heavy atom. The zero-order chi connectivity index (χ0) is 16.8. The van der Waals surface area contributed by atoms with Crippen LogP contribution in [-0.2, 0) is 14.3 Å². The number of nitrogens with one attached hydrogen (secondary N) is 1. The van der Waals surface area contributed by atoms with Crippen LogP contribution in [0.5, 0.6) is 0 Å². The SMILES string of the molecule is CC/C=C\[C@H](CC)[C@H](O)[C@@H]1NC(=O)[C@H](CCO)[C@]1(C)OC=O. The van der Waals surface area contributed by atoms with Crippen molar-refractivity contribution in [2.75, 3.05) is 6.61 Å². The first-order valence-electron chi connectivity index (χ1n) is 7.83. The topological polar surface area (TPSA) is 95.9 Å². The maximum absolute atomic E-state index is 12.1. The van der Waals surface area contributed by atoms with Crippen molar-refractivity contribution in [3.05, 3.63) is 12.2 Å². The standard InChI is InChI=1S/C16H27NO5/c1-4-6-7-11(5-2)13(20)14-16(3,22-10-19)12(8-9-18)15(21)17-14/h6-7,10-14,18,20H,4-5,8-9H2,1-3H3,(H,17,21)/b7-6-/t11-,12-,13-,14-,16-/m0/s1. The Morgan fingerprint density at radius 1 is 1.45 bits per heavy atom. The molecule has 0 spiro atoms. The van der Waals surface area contributed by atoms with Crippen molar-refractivity contribution >= 4 is 12.4 Å². The molecular weight excluding hydrogens is 286 g/mol. The smallest absolute Gasteiger partial charge is 0.293 e. The molecule has 0 aromatic rings. The van der Waals surface area contributed by atoms with Crippen LogP contribution in [0.2, 0.25) is 0 Å². The van der Waals surface area contributed by atoms with Gasteiger partial charge in [0.1, 0.15) is 5.60 Å². The van der Waals surface area contributed by atoms with Crippen molar-refractivity contribution in [2.45, 2.75) is 57.8 Å². The average Bonchev–Trinajstić information content (AvgIpc) is 2.73. The van der Waals surface area contributed by atoms with Crippen molar-refractivity contribution < 1.29 is 24.5 Å². The highest BCUT2D eigenvalue weighted by molar-refractivity contribution is 5.84. The van der Waals surface area contributed by atoms with Crippen molar-refractivity contribution in [3.8, 4) is 0 Å². The number of carbonyl (C=O) groups excluding carboxylic acids is 2. The van der Waals surface area contributed by atoms with Gasteiger partial charge in [0.05, 0.1) is 18.1 Å². The maximum Gasteiger partial charge on any atom is 0.293 e. The summed E-state index contributed by atoms with van der Waals surface area (Å²) in [5.74, 6) is -1.13. The first kappa shape index (κ1) is 18.6. The molecule has 5 atom stereocenters. The van der Waals surface area contributed by atoms with Gasteiger partial charge in [-0.2, -0.15) is 0 Å². The first-order valence-corrected chi connectivity index (χ1v) is 7.83. The van der Waals surface area contributed by atoms with Crippen LogP contribution in [-0.4, -0.2) is 46.9 Å². The van der Waals surface area contributed by atoms with Crippen molar-refractivity contribution in [3.63, 3.8) is 0 Å². The molecule has 1 saturated heterocycles. The zero-order valence-electron chi connectivity index (χ0n) is 13.5. The van der Waals surface area contributed by atoms with Gasteiger partial charge in [-0.25, -0.2) is 0 Å². The predicted molar refractivity (Wildman–Crippen MR) is 81.9 cm³/mol. The highest BCUT2D eigenvalue weighted by Crippen LogP contribution is 2.37. The Kier molecular flexibility index (Phi) is 7.03. The minimum absolute atomic E-state index is 0.146. The second-order valence-corrected chi connectivity index (χ2v) is 5.85. The lowest BCUT2D eigenvalue weighted by Crippen LogP contribution is -2.54. The number of hydrogen-bond donors (Lipinski definition) is 3. The summed E-state index contributed by atoms with van der Waals surface area (Å²) < 4.78 is 5.20. The fourth-order valence-corrected chi connectivity index (χ4v) is 3.15. The van der Waals surface area contributed by atoms with E-state index in [1.165, 1.54) is 0 Å². The van der Waals surface area contributed by atoms with Crippen LogP contribution in [0, 0.1) is 11.8 Å². The molecule has 1 aliphatic heterocycles. The lowest BCUT2D eigenvalue weighted by molar-refractivity contribution is -0.153.